The topological polar surface area (TPSA) is 95.0 Å². The molecular weight excluding hydrogens is 535 g/mol. The lowest BCUT2D eigenvalue weighted by atomic mass is 10.3. The van der Waals surface area contributed by atoms with Gasteiger partial charge in [0.15, 0.2) is 5.96 Å². The van der Waals surface area contributed by atoms with Gasteiger partial charge in [-0.15, -0.1) is 34.2 Å². The molecule has 2 aliphatic rings. The van der Waals surface area contributed by atoms with Crippen molar-refractivity contribution in [2.75, 3.05) is 52.4 Å². The van der Waals surface area contributed by atoms with Gasteiger partial charge in [-0.2, -0.15) is 0 Å². The monoisotopic (exact) mass is 570 g/mol. The van der Waals surface area contributed by atoms with Crippen LogP contribution in [0.15, 0.2) is 34.1 Å². The van der Waals surface area contributed by atoms with Crippen LogP contribution >= 0.6 is 24.0 Å². The Labute approximate surface area is 212 Å². The van der Waals surface area contributed by atoms with Crippen molar-refractivity contribution in [1.82, 2.24) is 34.8 Å². The van der Waals surface area contributed by atoms with Crippen molar-refractivity contribution >= 4 is 35.8 Å². The summed E-state index contributed by atoms with van der Waals surface area (Å²) in [6.07, 6.45) is 6.57. The number of nitrogens with zero attached hydrogens (tertiary/aromatic N) is 7. The van der Waals surface area contributed by atoms with Gasteiger partial charge in [0.25, 0.3) is 0 Å². The summed E-state index contributed by atoms with van der Waals surface area (Å²) in [5.41, 5.74) is 0. The van der Waals surface area contributed by atoms with E-state index in [1.807, 2.05) is 17.0 Å². The van der Waals surface area contributed by atoms with Crippen molar-refractivity contribution in [3.05, 3.63) is 36.3 Å². The van der Waals surface area contributed by atoms with Crippen LogP contribution in [-0.2, 0) is 24.3 Å². The molecule has 10 nitrogen and oxygen atoms in total. The van der Waals surface area contributed by atoms with E-state index in [0.29, 0.717) is 13.1 Å². The van der Waals surface area contributed by atoms with Crippen LogP contribution in [0.2, 0.25) is 0 Å². The zero-order valence-corrected chi connectivity index (χ0v) is 21.7. The van der Waals surface area contributed by atoms with E-state index in [-0.39, 0.29) is 29.9 Å². The third-order valence-corrected chi connectivity index (χ3v) is 6.10. The maximum absolute atomic E-state index is 12.5. The fourth-order valence-electron chi connectivity index (χ4n) is 4.23. The molecule has 11 heteroatoms. The van der Waals surface area contributed by atoms with Crippen molar-refractivity contribution in [2.24, 2.45) is 4.99 Å². The van der Waals surface area contributed by atoms with Crippen LogP contribution in [-0.4, -0.2) is 93.7 Å². The smallest absolute Gasteiger partial charge is 0.236 e. The maximum atomic E-state index is 12.5. The van der Waals surface area contributed by atoms with E-state index >= 15 is 0 Å². The molecule has 182 valence electrons. The quantitative estimate of drug-likeness (QED) is 0.292. The van der Waals surface area contributed by atoms with E-state index in [1.54, 1.807) is 12.6 Å². The average molecular weight is 570 g/mol. The number of likely N-dealkylation sites (tertiary alicyclic amines) is 1. The second-order valence-electron chi connectivity index (χ2n) is 8.29. The Morgan fingerprint density at radius 1 is 1.15 bits per heavy atom. The highest BCUT2D eigenvalue weighted by Gasteiger charge is 2.24. The largest absolute Gasteiger partial charge is 0.467 e. The van der Waals surface area contributed by atoms with Crippen molar-refractivity contribution in [2.45, 2.75) is 39.3 Å². The normalized spacial score (nSPS) is 17.3. The molecule has 1 N–H and O–H groups in total. The lowest BCUT2D eigenvalue weighted by Crippen LogP contribution is -2.54. The molecule has 2 saturated heterocycles. The van der Waals surface area contributed by atoms with Gasteiger partial charge in [-0.1, -0.05) is 6.92 Å². The lowest BCUT2D eigenvalue weighted by Gasteiger charge is -2.36. The van der Waals surface area contributed by atoms with E-state index in [0.717, 1.165) is 89.2 Å². The summed E-state index contributed by atoms with van der Waals surface area (Å²) < 4.78 is 7.52. The Balaban J connectivity index is 0.00000306. The van der Waals surface area contributed by atoms with E-state index < -0.39 is 0 Å². The van der Waals surface area contributed by atoms with E-state index in [9.17, 15) is 4.79 Å². The molecule has 33 heavy (non-hydrogen) atoms. The number of aromatic nitrogens is 3. The molecule has 0 unspecified atom stereocenters. The number of hydrogen-bond acceptors (Lipinski definition) is 6. The Bertz CT molecular complexity index is 871. The number of piperazine rings is 1. The van der Waals surface area contributed by atoms with Crippen LogP contribution in [0.3, 0.4) is 0 Å². The van der Waals surface area contributed by atoms with Gasteiger partial charge in [0.05, 0.1) is 12.8 Å². The maximum Gasteiger partial charge on any atom is 0.236 e. The van der Waals surface area contributed by atoms with Gasteiger partial charge < -0.3 is 24.1 Å². The lowest BCUT2D eigenvalue weighted by molar-refractivity contribution is -0.131. The third-order valence-electron chi connectivity index (χ3n) is 6.10. The highest BCUT2D eigenvalue weighted by atomic mass is 127. The Morgan fingerprint density at radius 3 is 2.64 bits per heavy atom. The van der Waals surface area contributed by atoms with Crippen LogP contribution in [0.25, 0.3) is 0 Å². The number of aliphatic imine (C=N–C) groups is 1. The molecular formula is C22H35IN8O2. The second-order valence-corrected chi connectivity index (χ2v) is 8.29. The summed E-state index contributed by atoms with van der Waals surface area (Å²) in [5.74, 6) is 2.96. The van der Waals surface area contributed by atoms with Gasteiger partial charge in [0.2, 0.25) is 5.91 Å². The first kappa shape index (κ1) is 25.5. The first-order valence-corrected chi connectivity index (χ1v) is 11.7. The minimum absolute atomic E-state index is 0. The molecule has 0 aliphatic carbocycles. The molecule has 0 saturated carbocycles. The summed E-state index contributed by atoms with van der Waals surface area (Å²) in [6, 6.07) is 3.82. The molecule has 1 amide bonds. The van der Waals surface area contributed by atoms with Gasteiger partial charge in [-0.05, 0) is 25.0 Å². The van der Waals surface area contributed by atoms with Crippen LogP contribution in [0, 0.1) is 0 Å². The number of carbonyl (C=O) groups is 1. The molecule has 0 radical (unpaired) electrons. The number of aryl methyl sites for hydroxylation is 1. The van der Waals surface area contributed by atoms with Gasteiger partial charge in [-0.25, -0.2) is 4.99 Å². The molecule has 2 aromatic rings. The number of carbonyl (C=O) groups excluding carboxylic acids is 1. The molecule has 0 atom stereocenters. The molecule has 2 aliphatic heterocycles. The van der Waals surface area contributed by atoms with Crippen molar-refractivity contribution in [3.63, 3.8) is 0 Å². The van der Waals surface area contributed by atoms with Crippen LogP contribution < -0.4 is 5.32 Å². The molecule has 2 aromatic heterocycles. The number of furan rings is 1. The second kappa shape index (κ2) is 12.9. The fraction of sp³-hybridized carbons (Fsp3) is 0.636. The van der Waals surface area contributed by atoms with Crippen molar-refractivity contribution < 1.29 is 9.21 Å². The molecule has 4 heterocycles. The van der Waals surface area contributed by atoms with Gasteiger partial charge in [0.1, 0.15) is 24.5 Å². The zero-order valence-electron chi connectivity index (χ0n) is 19.4. The number of rotatable bonds is 8. The molecule has 4 rings (SSSR count). The summed E-state index contributed by atoms with van der Waals surface area (Å²) in [7, 11) is 0. The number of halogens is 1. The van der Waals surface area contributed by atoms with E-state index in [1.165, 1.54) is 0 Å². The summed E-state index contributed by atoms with van der Waals surface area (Å²) in [6.45, 7) is 9.82. The Hall–Kier alpha value is -2.15. The first-order chi connectivity index (χ1) is 15.7. The summed E-state index contributed by atoms with van der Waals surface area (Å²) in [4.78, 5) is 23.8. The fourth-order valence-corrected chi connectivity index (χ4v) is 4.23. The predicted octanol–water partition coefficient (Wildman–Crippen LogP) is 1.44. The van der Waals surface area contributed by atoms with Gasteiger partial charge >= 0.3 is 0 Å². The summed E-state index contributed by atoms with van der Waals surface area (Å²) in [5, 5.41) is 11.7. The zero-order chi connectivity index (χ0) is 22.2. The van der Waals surface area contributed by atoms with Crippen molar-refractivity contribution in [1.29, 1.82) is 0 Å². The minimum atomic E-state index is 0. The number of amides is 1. The van der Waals surface area contributed by atoms with Gasteiger partial charge in [-0.3, -0.25) is 9.69 Å². The average Bonchev–Trinajstić information content (AvgIpc) is 3.59. The van der Waals surface area contributed by atoms with E-state index in [4.69, 9.17) is 9.41 Å². The van der Waals surface area contributed by atoms with Crippen molar-refractivity contribution in [3.8, 4) is 0 Å². The summed E-state index contributed by atoms with van der Waals surface area (Å²) >= 11 is 0. The Morgan fingerprint density at radius 2 is 1.94 bits per heavy atom. The predicted molar refractivity (Wildman–Crippen MR) is 136 cm³/mol. The van der Waals surface area contributed by atoms with Crippen LogP contribution in [0.5, 0.6) is 0 Å². The number of nitrogens with one attached hydrogen (secondary N) is 1. The standard InChI is InChI=1S/C22H34N8O2.HI/c1-2-20-26-25-18-30(20)10-7-23-22(24-16-19-6-5-15-32-19)29-13-11-27(12-14-29)17-21(31)28-8-3-4-9-28;/h5-6,15,18H,2-4,7-14,16-17H2,1H3,(H,23,24);1H. The molecule has 0 spiro atoms. The first-order valence-electron chi connectivity index (χ1n) is 11.7. The van der Waals surface area contributed by atoms with Gasteiger partial charge in [0, 0.05) is 58.8 Å². The van der Waals surface area contributed by atoms with Crippen LogP contribution in [0.1, 0.15) is 31.4 Å². The molecule has 0 bridgehead atoms. The van der Waals surface area contributed by atoms with E-state index in [2.05, 4.69) is 36.8 Å². The Kier molecular flexibility index (Phi) is 9.97. The number of hydrogen-bond donors (Lipinski definition) is 1. The van der Waals surface area contributed by atoms with Crippen LogP contribution in [0.4, 0.5) is 0 Å². The molecule has 0 aromatic carbocycles. The highest BCUT2D eigenvalue weighted by molar-refractivity contribution is 14.0. The SMILES string of the molecule is CCc1nncn1CCNC(=NCc1ccco1)N1CCN(CC(=O)N2CCCC2)CC1.I. The number of guanidine groups is 1. The highest BCUT2D eigenvalue weighted by Crippen LogP contribution is 2.10. The third kappa shape index (κ3) is 7.16. The minimum Gasteiger partial charge on any atom is -0.467 e. The molecule has 2 fully saturated rings.